The normalized spacial score (nSPS) is 21.8. The van der Waals surface area contributed by atoms with Crippen LogP contribution in [0, 0.1) is 5.92 Å². The number of hydrogen-bond acceptors (Lipinski definition) is 5. The molecule has 0 amide bonds. The van der Waals surface area contributed by atoms with Crippen LogP contribution in [0.25, 0.3) is 0 Å². The van der Waals surface area contributed by atoms with Gasteiger partial charge in [-0.25, -0.2) is 4.98 Å². The maximum absolute atomic E-state index is 9.19. The van der Waals surface area contributed by atoms with E-state index in [1.807, 2.05) is 0 Å². The summed E-state index contributed by atoms with van der Waals surface area (Å²) in [5.74, 6) is 0.831. The lowest BCUT2D eigenvalue weighted by Gasteiger charge is -2.33. The first kappa shape index (κ1) is 14.6. The number of halogens is 1. The third-order valence-electron chi connectivity index (χ3n) is 4.38. The highest BCUT2D eigenvalue weighted by Gasteiger charge is 2.24. The number of piperidine rings is 1. The standard InChI is InChI=1S/C14H22ClN3OS/c15-13-12(10-19)20-14(16-13)18-7-3-11(4-8-18)9-17-5-1-2-6-17/h11,19H,1-10H2. The number of nitrogens with zero attached hydrogens (tertiary/aromatic N) is 3. The van der Waals surface area contributed by atoms with E-state index in [2.05, 4.69) is 14.8 Å². The zero-order chi connectivity index (χ0) is 13.9. The zero-order valence-corrected chi connectivity index (χ0v) is 13.3. The van der Waals surface area contributed by atoms with E-state index in [0.717, 1.165) is 29.0 Å². The number of anilines is 1. The van der Waals surface area contributed by atoms with Gasteiger partial charge in [0.25, 0.3) is 0 Å². The maximum atomic E-state index is 9.19. The molecule has 0 spiro atoms. The van der Waals surface area contributed by atoms with Crippen molar-refractivity contribution in [2.75, 3.05) is 37.6 Å². The zero-order valence-electron chi connectivity index (χ0n) is 11.7. The fraction of sp³-hybridized carbons (Fsp3) is 0.786. The molecule has 2 aliphatic heterocycles. The van der Waals surface area contributed by atoms with Crippen LogP contribution in [0.2, 0.25) is 5.15 Å². The first-order valence-electron chi connectivity index (χ1n) is 7.49. The monoisotopic (exact) mass is 315 g/mol. The third-order valence-corrected chi connectivity index (χ3v) is 5.91. The van der Waals surface area contributed by atoms with Gasteiger partial charge in [-0.3, -0.25) is 0 Å². The molecule has 3 heterocycles. The van der Waals surface area contributed by atoms with Gasteiger partial charge in [-0.05, 0) is 44.7 Å². The lowest BCUT2D eigenvalue weighted by molar-refractivity contribution is 0.249. The third kappa shape index (κ3) is 3.27. The minimum absolute atomic E-state index is 0.0120. The van der Waals surface area contributed by atoms with Crippen LogP contribution >= 0.6 is 22.9 Å². The first-order valence-corrected chi connectivity index (χ1v) is 8.69. The molecule has 0 aromatic carbocycles. The van der Waals surface area contributed by atoms with Gasteiger partial charge in [-0.1, -0.05) is 22.9 Å². The molecule has 20 heavy (non-hydrogen) atoms. The molecular formula is C14H22ClN3OS. The first-order chi connectivity index (χ1) is 9.76. The summed E-state index contributed by atoms with van der Waals surface area (Å²) >= 11 is 7.53. The average molecular weight is 316 g/mol. The van der Waals surface area contributed by atoms with E-state index in [1.54, 1.807) is 0 Å². The number of aliphatic hydroxyl groups is 1. The lowest BCUT2D eigenvalue weighted by atomic mass is 9.96. The average Bonchev–Trinajstić information content (AvgIpc) is 3.09. The number of rotatable bonds is 4. The van der Waals surface area contributed by atoms with Gasteiger partial charge in [0.05, 0.1) is 11.5 Å². The number of thiazole rings is 1. The second-order valence-electron chi connectivity index (χ2n) is 5.81. The van der Waals surface area contributed by atoms with E-state index in [9.17, 15) is 5.11 Å². The SMILES string of the molecule is OCc1sc(N2CCC(CN3CCCC3)CC2)nc1Cl. The molecule has 0 saturated carbocycles. The Morgan fingerprint density at radius 1 is 1.20 bits per heavy atom. The highest BCUT2D eigenvalue weighted by molar-refractivity contribution is 7.16. The second-order valence-corrected chi connectivity index (χ2v) is 7.23. The summed E-state index contributed by atoms with van der Waals surface area (Å²) in [5, 5.41) is 10.6. The van der Waals surface area contributed by atoms with Crippen molar-refractivity contribution in [3.8, 4) is 0 Å². The Bertz CT molecular complexity index is 440. The van der Waals surface area contributed by atoms with Gasteiger partial charge in [-0.15, -0.1) is 0 Å². The van der Waals surface area contributed by atoms with Crippen LogP contribution in [-0.2, 0) is 6.61 Å². The van der Waals surface area contributed by atoms with Crippen molar-refractivity contribution in [3.05, 3.63) is 10.0 Å². The van der Waals surface area contributed by atoms with Gasteiger partial charge >= 0.3 is 0 Å². The predicted molar refractivity (Wildman–Crippen MR) is 83.7 cm³/mol. The van der Waals surface area contributed by atoms with E-state index >= 15 is 0 Å². The molecule has 1 aromatic rings. The smallest absolute Gasteiger partial charge is 0.187 e. The van der Waals surface area contributed by atoms with E-state index in [4.69, 9.17) is 11.6 Å². The number of aromatic nitrogens is 1. The predicted octanol–water partition coefficient (Wildman–Crippen LogP) is 2.60. The topological polar surface area (TPSA) is 39.6 Å². The Labute approximate surface area is 129 Å². The van der Waals surface area contributed by atoms with Crippen molar-refractivity contribution in [1.82, 2.24) is 9.88 Å². The highest BCUT2D eigenvalue weighted by Crippen LogP contribution is 2.32. The molecule has 4 nitrogen and oxygen atoms in total. The van der Waals surface area contributed by atoms with Gasteiger partial charge in [0.1, 0.15) is 5.15 Å². The Balaban J connectivity index is 1.52. The quantitative estimate of drug-likeness (QED) is 0.927. The summed E-state index contributed by atoms with van der Waals surface area (Å²) in [7, 11) is 0. The molecule has 1 N–H and O–H groups in total. The van der Waals surface area contributed by atoms with Gasteiger partial charge in [-0.2, -0.15) is 0 Å². The van der Waals surface area contributed by atoms with Crippen molar-refractivity contribution in [2.45, 2.75) is 32.3 Å². The van der Waals surface area contributed by atoms with Gasteiger partial charge < -0.3 is 14.9 Å². The van der Waals surface area contributed by atoms with Crippen LogP contribution in [0.4, 0.5) is 5.13 Å². The van der Waals surface area contributed by atoms with Gasteiger partial charge in [0.2, 0.25) is 0 Å². The molecule has 112 valence electrons. The van der Waals surface area contributed by atoms with Crippen LogP contribution in [-0.4, -0.2) is 47.7 Å². The van der Waals surface area contributed by atoms with Crippen molar-refractivity contribution in [2.24, 2.45) is 5.92 Å². The molecule has 1 aromatic heterocycles. The Hall–Kier alpha value is -0.360. The van der Waals surface area contributed by atoms with Crippen molar-refractivity contribution >= 4 is 28.1 Å². The molecule has 0 unspecified atom stereocenters. The van der Waals surface area contributed by atoms with E-state index in [1.165, 1.54) is 56.7 Å². The summed E-state index contributed by atoms with van der Waals surface area (Å²) in [6, 6.07) is 0. The molecule has 6 heteroatoms. The molecule has 2 aliphatic rings. The molecule has 2 saturated heterocycles. The molecular weight excluding hydrogens is 294 g/mol. The molecule has 0 atom stereocenters. The highest BCUT2D eigenvalue weighted by atomic mass is 35.5. The number of aliphatic hydroxyl groups excluding tert-OH is 1. The maximum Gasteiger partial charge on any atom is 0.187 e. The molecule has 3 rings (SSSR count). The summed E-state index contributed by atoms with van der Waals surface area (Å²) in [6.07, 6.45) is 5.23. The molecule has 0 bridgehead atoms. The summed E-state index contributed by atoms with van der Waals surface area (Å²) in [4.78, 5) is 10.1. The van der Waals surface area contributed by atoms with Crippen LogP contribution in [0.5, 0.6) is 0 Å². The largest absolute Gasteiger partial charge is 0.391 e. The van der Waals surface area contributed by atoms with Gasteiger partial charge in [0, 0.05) is 19.6 Å². The van der Waals surface area contributed by atoms with Crippen molar-refractivity contribution in [1.29, 1.82) is 0 Å². The Morgan fingerprint density at radius 3 is 2.50 bits per heavy atom. The van der Waals surface area contributed by atoms with Crippen LogP contribution in [0.1, 0.15) is 30.6 Å². The summed E-state index contributed by atoms with van der Waals surface area (Å²) in [6.45, 7) is 5.97. The minimum atomic E-state index is -0.0120. The van der Waals surface area contributed by atoms with Crippen LogP contribution in [0.3, 0.4) is 0 Å². The van der Waals surface area contributed by atoms with Gasteiger partial charge in [0.15, 0.2) is 5.13 Å². The van der Waals surface area contributed by atoms with Crippen molar-refractivity contribution < 1.29 is 5.11 Å². The summed E-state index contributed by atoms with van der Waals surface area (Å²) < 4.78 is 0. The molecule has 0 aliphatic carbocycles. The van der Waals surface area contributed by atoms with E-state index in [0.29, 0.717) is 5.15 Å². The Morgan fingerprint density at radius 2 is 1.90 bits per heavy atom. The molecule has 2 fully saturated rings. The second kappa shape index (κ2) is 6.60. The van der Waals surface area contributed by atoms with Crippen LogP contribution in [0.15, 0.2) is 0 Å². The number of hydrogen-bond donors (Lipinski definition) is 1. The molecule has 0 radical (unpaired) electrons. The van der Waals surface area contributed by atoms with Crippen molar-refractivity contribution in [3.63, 3.8) is 0 Å². The summed E-state index contributed by atoms with van der Waals surface area (Å²) in [5.41, 5.74) is 0. The van der Waals surface area contributed by atoms with Crippen LogP contribution < -0.4 is 4.90 Å². The minimum Gasteiger partial charge on any atom is -0.391 e. The fourth-order valence-corrected chi connectivity index (χ4v) is 4.36. The number of likely N-dealkylation sites (tertiary alicyclic amines) is 1. The Kier molecular flexibility index (Phi) is 4.81. The fourth-order valence-electron chi connectivity index (χ4n) is 3.19. The lowest BCUT2D eigenvalue weighted by Crippen LogP contribution is -2.38. The van der Waals surface area contributed by atoms with E-state index < -0.39 is 0 Å². The van der Waals surface area contributed by atoms with E-state index in [-0.39, 0.29) is 6.61 Å².